The summed E-state index contributed by atoms with van der Waals surface area (Å²) in [4.78, 5) is 12.4. The van der Waals surface area contributed by atoms with Gasteiger partial charge in [0.2, 0.25) is 0 Å². The summed E-state index contributed by atoms with van der Waals surface area (Å²) in [5.74, 6) is 0. The maximum atomic E-state index is 12.4. The molecule has 1 aliphatic rings. The third-order valence-corrected chi connectivity index (χ3v) is 4.83. The zero-order valence-electron chi connectivity index (χ0n) is 13.5. The van der Waals surface area contributed by atoms with Crippen molar-refractivity contribution in [2.24, 2.45) is 5.73 Å². The lowest BCUT2D eigenvalue weighted by atomic mass is 9.77. The summed E-state index contributed by atoms with van der Waals surface area (Å²) in [5, 5.41) is 0. The van der Waals surface area contributed by atoms with Crippen LogP contribution in [0.4, 0.5) is 0 Å². The molecule has 0 aliphatic heterocycles. The monoisotopic (exact) mass is 299 g/mol. The summed E-state index contributed by atoms with van der Waals surface area (Å²) in [5.41, 5.74) is 8.47. The molecule has 0 spiro atoms. The number of benzene rings is 1. The van der Waals surface area contributed by atoms with Crippen molar-refractivity contribution in [1.29, 1.82) is 0 Å². The van der Waals surface area contributed by atoms with Gasteiger partial charge in [-0.2, -0.15) is 0 Å². The van der Waals surface area contributed by atoms with Gasteiger partial charge in [0.15, 0.2) is 0 Å². The fraction of sp³-hybridized carbons (Fsp3) is 0.500. The molecule has 1 saturated carbocycles. The second-order valence-electron chi connectivity index (χ2n) is 6.72. The molecule has 0 atom stereocenters. The quantitative estimate of drug-likeness (QED) is 0.945. The van der Waals surface area contributed by atoms with Crippen molar-refractivity contribution in [2.75, 3.05) is 0 Å². The Morgan fingerprint density at radius 2 is 1.68 bits per heavy atom. The average molecular weight is 299 g/mol. The van der Waals surface area contributed by atoms with Gasteiger partial charge in [0.25, 0.3) is 0 Å². The molecule has 0 unspecified atom stereocenters. The zero-order chi connectivity index (χ0) is 15.7. The summed E-state index contributed by atoms with van der Waals surface area (Å²) in [6, 6.07) is 8.34. The number of nitrogens with zero attached hydrogens (tertiary/aromatic N) is 2. The molecule has 118 valence electrons. The van der Waals surface area contributed by atoms with Gasteiger partial charge in [-0.05, 0) is 44.4 Å². The van der Waals surface area contributed by atoms with E-state index in [-0.39, 0.29) is 17.3 Å². The predicted octanol–water partition coefficient (Wildman–Crippen LogP) is 3.34. The van der Waals surface area contributed by atoms with Crippen molar-refractivity contribution in [2.45, 2.75) is 57.5 Å². The third-order valence-electron chi connectivity index (χ3n) is 4.83. The van der Waals surface area contributed by atoms with Crippen molar-refractivity contribution < 1.29 is 0 Å². The van der Waals surface area contributed by atoms with Crippen LogP contribution in [0.25, 0.3) is 5.69 Å². The van der Waals surface area contributed by atoms with Gasteiger partial charge in [0, 0.05) is 24.0 Å². The van der Waals surface area contributed by atoms with Crippen LogP contribution in [0.1, 0.15) is 57.6 Å². The molecule has 0 saturated heterocycles. The molecule has 1 aromatic heterocycles. The predicted molar refractivity (Wildman–Crippen MR) is 89.4 cm³/mol. The Balaban J connectivity index is 1.90. The minimum Gasteiger partial charge on any atom is -0.321 e. The minimum atomic E-state index is -0.189. The van der Waals surface area contributed by atoms with Crippen molar-refractivity contribution >= 4 is 0 Å². The first kappa shape index (κ1) is 15.1. The molecule has 0 amide bonds. The molecule has 22 heavy (non-hydrogen) atoms. The first-order chi connectivity index (χ1) is 10.5. The molecule has 1 aromatic carbocycles. The van der Waals surface area contributed by atoms with Crippen LogP contribution < -0.4 is 11.4 Å². The number of rotatable bonds is 3. The maximum Gasteiger partial charge on any atom is 0.332 e. The Morgan fingerprint density at radius 3 is 2.23 bits per heavy atom. The molecule has 4 heteroatoms. The smallest absolute Gasteiger partial charge is 0.321 e. The van der Waals surface area contributed by atoms with Crippen molar-refractivity contribution in [3.8, 4) is 5.69 Å². The highest BCUT2D eigenvalue weighted by atomic mass is 16.1. The van der Waals surface area contributed by atoms with E-state index in [4.69, 9.17) is 5.73 Å². The molecular weight excluding hydrogens is 274 g/mol. The van der Waals surface area contributed by atoms with E-state index in [0.717, 1.165) is 18.5 Å². The Kier molecular flexibility index (Phi) is 3.96. The molecule has 2 N–H and O–H groups in total. The Hall–Kier alpha value is -1.81. The van der Waals surface area contributed by atoms with Crippen LogP contribution in [0.2, 0.25) is 0 Å². The highest BCUT2D eigenvalue weighted by Gasteiger charge is 2.29. The molecule has 1 heterocycles. The highest BCUT2D eigenvalue weighted by molar-refractivity contribution is 5.37. The topological polar surface area (TPSA) is 52.9 Å². The Morgan fingerprint density at radius 1 is 1.05 bits per heavy atom. The van der Waals surface area contributed by atoms with Crippen molar-refractivity contribution in [3.05, 3.63) is 52.7 Å². The van der Waals surface area contributed by atoms with Gasteiger partial charge in [0.1, 0.15) is 0 Å². The largest absolute Gasteiger partial charge is 0.332 e. The SMILES string of the molecule is CC(C)n1ccn(-c2ccc(C3(N)CCCCC3)cc2)c1=O. The lowest BCUT2D eigenvalue weighted by Crippen LogP contribution is -2.38. The van der Waals surface area contributed by atoms with E-state index in [1.54, 1.807) is 9.13 Å². The normalized spacial score (nSPS) is 17.8. The lowest BCUT2D eigenvalue weighted by Gasteiger charge is -2.34. The summed E-state index contributed by atoms with van der Waals surface area (Å²) < 4.78 is 3.42. The van der Waals surface area contributed by atoms with Gasteiger partial charge >= 0.3 is 5.69 Å². The van der Waals surface area contributed by atoms with Crippen LogP contribution >= 0.6 is 0 Å². The van der Waals surface area contributed by atoms with E-state index in [1.165, 1.54) is 24.8 Å². The number of hydrogen-bond acceptors (Lipinski definition) is 2. The first-order valence-electron chi connectivity index (χ1n) is 8.20. The molecular formula is C18H25N3O. The van der Waals surface area contributed by atoms with E-state index in [1.807, 2.05) is 38.4 Å². The molecule has 2 aromatic rings. The third kappa shape index (κ3) is 2.63. The Labute approximate surface area is 131 Å². The molecule has 4 nitrogen and oxygen atoms in total. The van der Waals surface area contributed by atoms with Crippen LogP contribution in [-0.2, 0) is 5.54 Å². The van der Waals surface area contributed by atoms with E-state index in [9.17, 15) is 4.79 Å². The van der Waals surface area contributed by atoms with Crippen molar-refractivity contribution in [3.63, 3.8) is 0 Å². The van der Waals surface area contributed by atoms with Crippen LogP contribution in [0, 0.1) is 0 Å². The second kappa shape index (κ2) is 5.76. The number of aromatic nitrogens is 2. The first-order valence-corrected chi connectivity index (χ1v) is 8.20. The van der Waals surface area contributed by atoms with Crippen molar-refractivity contribution in [1.82, 2.24) is 9.13 Å². The van der Waals surface area contributed by atoms with Gasteiger partial charge in [-0.3, -0.25) is 9.13 Å². The van der Waals surface area contributed by atoms with Gasteiger partial charge in [0.05, 0.1) is 5.69 Å². The number of nitrogens with two attached hydrogens (primary N) is 1. The van der Waals surface area contributed by atoms with E-state index >= 15 is 0 Å². The van der Waals surface area contributed by atoms with E-state index < -0.39 is 0 Å². The maximum absolute atomic E-state index is 12.4. The highest BCUT2D eigenvalue weighted by Crippen LogP contribution is 2.34. The van der Waals surface area contributed by atoms with Crippen LogP contribution in [0.15, 0.2) is 41.5 Å². The summed E-state index contributed by atoms with van der Waals surface area (Å²) in [6.07, 6.45) is 9.47. The standard InChI is InChI=1S/C18H25N3O/c1-14(2)20-12-13-21(17(20)22)16-8-6-15(7-9-16)18(19)10-4-3-5-11-18/h6-9,12-14H,3-5,10-11,19H2,1-2H3. The molecule has 0 bridgehead atoms. The van der Waals surface area contributed by atoms with Gasteiger partial charge in [-0.1, -0.05) is 31.4 Å². The van der Waals surface area contributed by atoms with E-state index in [2.05, 4.69) is 12.1 Å². The number of hydrogen-bond donors (Lipinski definition) is 1. The van der Waals surface area contributed by atoms with Crippen LogP contribution in [0.5, 0.6) is 0 Å². The van der Waals surface area contributed by atoms with Gasteiger partial charge in [-0.25, -0.2) is 4.79 Å². The van der Waals surface area contributed by atoms with E-state index in [0.29, 0.717) is 0 Å². The summed E-state index contributed by atoms with van der Waals surface area (Å²) in [6.45, 7) is 4.02. The van der Waals surface area contributed by atoms with Crippen LogP contribution in [0.3, 0.4) is 0 Å². The molecule has 3 rings (SSSR count). The van der Waals surface area contributed by atoms with Gasteiger partial charge in [-0.15, -0.1) is 0 Å². The van der Waals surface area contributed by atoms with Gasteiger partial charge < -0.3 is 5.73 Å². The summed E-state index contributed by atoms with van der Waals surface area (Å²) >= 11 is 0. The Bertz CT molecular complexity index is 688. The fourth-order valence-corrected chi connectivity index (χ4v) is 3.41. The molecule has 1 fully saturated rings. The molecule has 1 aliphatic carbocycles. The molecule has 0 radical (unpaired) electrons. The fourth-order valence-electron chi connectivity index (χ4n) is 3.41. The zero-order valence-corrected chi connectivity index (χ0v) is 13.5. The van der Waals surface area contributed by atoms with Crippen LogP contribution in [-0.4, -0.2) is 9.13 Å². The summed E-state index contributed by atoms with van der Waals surface area (Å²) in [7, 11) is 0. The number of imidazole rings is 1. The lowest BCUT2D eigenvalue weighted by molar-refractivity contribution is 0.302. The second-order valence-corrected chi connectivity index (χ2v) is 6.72. The minimum absolute atomic E-state index is 0.00266. The average Bonchev–Trinajstić information content (AvgIpc) is 2.90.